The van der Waals surface area contributed by atoms with Gasteiger partial charge in [0.1, 0.15) is 10.8 Å². The van der Waals surface area contributed by atoms with Crippen LogP contribution in [0.2, 0.25) is 5.15 Å². The Labute approximate surface area is 102 Å². The van der Waals surface area contributed by atoms with Crippen molar-refractivity contribution in [2.45, 2.75) is 38.5 Å². The Kier molecular flexibility index (Phi) is 4.04. The lowest BCUT2D eigenvalue weighted by Crippen LogP contribution is -2.22. The van der Waals surface area contributed by atoms with Gasteiger partial charge in [0.2, 0.25) is 0 Å². The largest absolute Gasteiger partial charge is 0.433 e. The van der Waals surface area contributed by atoms with Crippen molar-refractivity contribution in [1.29, 1.82) is 0 Å². The van der Waals surface area contributed by atoms with Crippen LogP contribution in [-0.2, 0) is 11.8 Å². The van der Waals surface area contributed by atoms with E-state index in [0.29, 0.717) is 12.8 Å². The van der Waals surface area contributed by atoms with E-state index >= 15 is 0 Å². The summed E-state index contributed by atoms with van der Waals surface area (Å²) >= 11 is 5.68. The van der Waals surface area contributed by atoms with Gasteiger partial charge in [0.15, 0.2) is 0 Å². The Morgan fingerprint density at radius 2 is 1.94 bits per heavy atom. The molecule has 96 valence electrons. The van der Waals surface area contributed by atoms with Gasteiger partial charge in [-0.2, -0.15) is 13.2 Å². The lowest BCUT2D eigenvalue weighted by Gasteiger charge is -2.24. The topological polar surface area (TPSA) is 33.1 Å². The molecule has 1 aromatic rings. The lowest BCUT2D eigenvalue weighted by molar-refractivity contribution is -0.141. The van der Waals surface area contributed by atoms with Crippen molar-refractivity contribution in [3.63, 3.8) is 0 Å². The van der Waals surface area contributed by atoms with Gasteiger partial charge in [-0.25, -0.2) is 4.98 Å². The second kappa shape index (κ2) is 4.82. The first-order valence-electron chi connectivity index (χ1n) is 5.15. The first kappa shape index (κ1) is 14.3. The Hall–Kier alpha value is -0.810. The number of hydrogen-bond acceptors (Lipinski definition) is 2. The molecule has 0 aliphatic rings. The summed E-state index contributed by atoms with van der Waals surface area (Å²) in [5.74, 6) is 0. The van der Waals surface area contributed by atoms with Gasteiger partial charge in [0.25, 0.3) is 0 Å². The molecule has 1 aromatic heterocycles. The first-order valence-corrected chi connectivity index (χ1v) is 5.53. The van der Waals surface area contributed by atoms with E-state index in [1.807, 2.05) is 6.92 Å². The average molecular weight is 268 g/mol. The minimum Gasteiger partial charge on any atom is -0.385 e. The lowest BCUT2D eigenvalue weighted by atomic mass is 9.92. The Bertz CT molecular complexity index is 404. The van der Waals surface area contributed by atoms with Crippen molar-refractivity contribution in [1.82, 2.24) is 4.98 Å². The summed E-state index contributed by atoms with van der Waals surface area (Å²) in [6.07, 6.45) is -3.44. The van der Waals surface area contributed by atoms with E-state index in [2.05, 4.69) is 4.98 Å². The summed E-state index contributed by atoms with van der Waals surface area (Å²) < 4.78 is 37.1. The van der Waals surface area contributed by atoms with Crippen LogP contribution in [0, 0.1) is 0 Å². The molecule has 0 radical (unpaired) electrons. The van der Waals surface area contributed by atoms with Crippen LogP contribution < -0.4 is 0 Å². The van der Waals surface area contributed by atoms with Gasteiger partial charge >= 0.3 is 6.18 Å². The highest BCUT2D eigenvalue weighted by Gasteiger charge is 2.34. The number of nitrogens with zero attached hydrogens (tertiary/aromatic N) is 1. The van der Waals surface area contributed by atoms with Gasteiger partial charge in [-0.1, -0.05) is 31.0 Å². The predicted molar refractivity (Wildman–Crippen MR) is 58.7 cm³/mol. The zero-order valence-electron chi connectivity index (χ0n) is 9.48. The van der Waals surface area contributed by atoms with Crippen LogP contribution in [0.3, 0.4) is 0 Å². The summed E-state index contributed by atoms with van der Waals surface area (Å²) in [5, 5.41) is 9.75. The molecule has 1 N–H and O–H groups in total. The molecular weight excluding hydrogens is 255 g/mol. The molecule has 1 rings (SSSR count). The van der Waals surface area contributed by atoms with Crippen LogP contribution in [0.25, 0.3) is 0 Å². The molecule has 0 aromatic carbocycles. The highest BCUT2D eigenvalue weighted by atomic mass is 35.5. The van der Waals surface area contributed by atoms with Crippen molar-refractivity contribution in [3.8, 4) is 0 Å². The second-order valence-corrected chi connectivity index (χ2v) is 4.41. The van der Waals surface area contributed by atoms with E-state index in [1.54, 1.807) is 0 Å². The van der Waals surface area contributed by atoms with E-state index in [9.17, 15) is 18.3 Å². The van der Waals surface area contributed by atoms with Crippen molar-refractivity contribution in [2.24, 2.45) is 0 Å². The molecule has 0 saturated heterocycles. The number of alkyl halides is 3. The molecular formula is C11H13ClF3NO. The van der Waals surface area contributed by atoms with E-state index in [-0.39, 0.29) is 10.7 Å². The molecule has 0 aliphatic heterocycles. The monoisotopic (exact) mass is 267 g/mol. The van der Waals surface area contributed by atoms with Crippen LogP contribution in [0.1, 0.15) is 37.9 Å². The molecule has 0 amide bonds. The Morgan fingerprint density at radius 1 is 1.35 bits per heavy atom. The predicted octanol–water partition coefficient (Wildman–Crippen LogP) is 3.76. The van der Waals surface area contributed by atoms with Crippen molar-refractivity contribution >= 4 is 11.6 Å². The van der Waals surface area contributed by atoms with Crippen LogP contribution in [0.5, 0.6) is 0 Å². The summed E-state index contributed by atoms with van der Waals surface area (Å²) in [4.78, 5) is 3.27. The smallest absolute Gasteiger partial charge is 0.385 e. The maximum Gasteiger partial charge on any atom is 0.433 e. The number of rotatable bonds is 3. The number of pyridine rings is 1. The van der Waals surface area contributed by atoms with Crippen molar-refractivity contribution in [3.05, 3.63) is 28.5 Å². The molecule has 0 saturated carbocycles. The molecule has 0 fully saturated rings. The number of halogens is 4. The van der Waals surface area contributed by atoms with Crippen LogP contribution in [0.4, 0.5) is 13.2 Å². The SMILES string of the molecule is CCCC(C)(O)c1ccc(C(F)(F)F)nc1Cl. The van der Waals surface area contributed by atoms with Crippen LogP contribution >= 0.6 is 11.6 Å². The summed E-state index contributed by atoms with van der Waals surface area (Å²) in [5.41, 5.74) is -2.10. The van der Waals surface area contributed by atoms with Gasteiger partial charge in [0.05, 0.1) is 5.60 Å². The third-order valence-electron chi connectivity index (χ3n) is 2.46. The van der Waals surface area contributed by atoms with E-state index in [0.717, 1.165) is 6.07 Å². The summed E-state index contributed by atoms with van der Waals surface area (Å²) in [7, 11) is 0. The van der Waals surface area contributed by atoms with Crippen LogP contribution in [-0.4, -0.2) is 10.1 Å². The van der Waals surface area contributed by atoms with Gasteiger partial charge in [-0.15, -0.1) is 0 Å². The maximum atomic E-state index is 12.4. The zero-order valence-corrected chi connectivity index (χ0v) is 10.2. The number of aromatic nitrogens is 1. The van der Waals surface area contributed by atoms with E-state index < -0.39 is 17.5 Å². The normalized spacial score (nSPS) is 15.7. The third-order valence-corrected chi connectivity index (χ3v) is 2.74. The minimum atomic E-state index is -4.53. The molecule has 1 heterocycles. The Morgan fingerprint density at radius 3 is 2.35 bits per heavy atom. The molecule has 17 heavy (non-hydrogen) atoms. The third kappa shape index (κ3) is 3.33. The quantitative estimate of drug-likeness (QED) is 0.846. The number of aliphatic hydroxyl groups is 1. The fourth-order valence-corrected chi connectivity index (χ4v) is 1.97. The van der Waals surface area contributed by atoms with Crippen molar-refractivity contribution in [2.75, 3.05) is 0 Å². The van der Waals surface area contributed by atoms with Gasteiger partial charge in [-0.05, 0) is 19.4 Å². The average Bonchev–Trinajstić information content (AvgIpc) is 2.15. The molecule has 1 unspecified atom stereocenters. The molecule has 6 heteroatoms. The summed E-state index contributed by atoms with van der Waals surface area (Å²) in [6, 6.07) is 2.00. The van der Waals surface area contributed by atoms with Gasteiger partial charge in [0, 0.05) is 5.56 Å². The second-order valence-electron chi connectivity index (χ2n) is 4.06. The van der Waals surface area contributed by atoms with Crippen molar-refractivity contribution < 1.29 is 18.3 Å². The molecule has 0 aliphatic carbocycles. The Balaban J connectivity index is 3.14. The molecule has 1 atom stereocenters. The van der Waals surface area contributed by atoms with E-state index in [4.69, 9.17) is 11.6 Å². The standard InChI is InChI=1S/C11H13ClF3NO/c1-3-6-10(2,17)7-4-5-8(11(13,14)15)16-9(7)12/h4-5,17H,3,6H2,1-2H3. The van der Waals surface area contributed by atoms with Crippen LogP contribution in [0.15, 0.2) is 12.1 Å². The highest BCUT2D eigenvalue weighted by Crippen LogP contribution is 2.34. The fourth-order valence-electron chi connectivity index (χ4n) is 1.62. The fraction of sp³-hybridized carbons (Fsp3) is 0.545. The number of hydrogen-bond donors (Lipinski definition) is 1. The zero-order chi connectivity index (χ0) is 13.3. The van der Waals surface area contributed by atoms with Gasteiger partial charge in [-0.3, -0.25) is 0 Å². The maximum absolute atomic E-state index is 12.4. The summed E-state index contributed by atoms with van der Waals surface area (Å²) in [6.45, 7) is 3.37. The minimum absolute atomic E-state index is 0.217. The molecule has 0 spiro atoms. The highest BCUT2D eigenvalue weighted by molar-refractivity contribution is 6.30. The molecule has 0 bridgehead atoms. The molecule has 2 nitrogen and oxygen atoms in total. The van der Waals surface area contributed by atoms with Gasteiger partial charge < -0.3 is 5.11 Å². The van der Waals surface area contributed by atoms with E-state index in [1.165, 1.54) is 13.0 Å². The first-order chi connectivity index (χ1) is 7.68.